The summed E-state index contributed by atoms with van der Waals surface area (Å²) in [6, 6.07) is 17.1. The molecule has 1 amide bonds. The summed E-state index contributed by atoms with van der Waals surface area (Å²) >= 11 is 6.11. The fourth-order valence-electron chi connectivity index (χ4n) is 3.27. The Morgan fingerprint density at radius 1 is 1.17 bits per heavy atom. The SMILES string of the molecule is COc1ccc(Cl)cc1CN(C)C(=O)c1cnn2c(-c3ccccc3)ccnc12. The number of benzene rings is 2. The molecule has 0 unspecified atom stereocenters. The Kier molecular flexibility index (Phi) is 5.18. The van der Waals surface area contributed by atoms with E-state index < -0.39 is 0 Å². The number of hydrogen-bond acceptors (Lipinski definition) is 4. The number of methoxy groups -OCH3 is 1. The zero-order chi connectivity index (χ0) is 20.4. The maximum Gasteiger partial charge on any atom is 0.259 e. The molecule has 2 aromatic heterocycles. The average molecular weight is 407 g/mol. The van der Waals surface area contributed by atoms with Gasteiger partial charge in [0.05, 0.1) is 19.0 Å². The highest BCUT2D eigenvalue weighted by Gasteiger charge is 2.20. The van der Waals surface area contributed by atoms with Crippen molar-refractivity contribution in [2.45, 2.75) is 6.54 Å². The van der Waals surface area contributed by atoms with Gasteiger partial charge in [-0.15, -0.1) is 0 Å². The maximum atomic E-state index is 13.1. The van der Waals surface area contributed by atoms with E-state index in [2.05, 4.69) is 10.1 Å². The number of ether oxygens (including phenoxy) is 1. The Balaban J connectivity index is 1.67. The van der Waals surface area contributed by atoms with E-state index in [1.54, 1.807) is 54.2 Å². The molecule has 6 nitrogen and oxygen atoms in total. The van der Waals surface area contributed by atoms with E-state index >= 15 is 0 Å². The van der Waals surface area contributed by atoms with Crippen molar-refractivity contribution in [3.8, 4) is 17.0 Å². The molecule has 0 N–H and O–H groups in total. The van der Waals surface area contributed by atoms with Gasteiger partial charge in [0.1, 0.15) is 11.3 Å². The minimum Gasteiger partial charge on any atom is -0.496 e. The fraction of sp³-hybridized carbons (Fsp3) is 0.136. The average Bonchev–Trinajstić information content (AvgIpc) is 3.18. The lowest BCUT2D eigenvalue weighted by Gasteiger charge is -2.18. The monoisotopic (exact) mass is 406 g/mol. The van der Waals surface area contributed by atoms with Crippen molar-refractivity contribution in [1.82, 2.24) is 19.5 Å². The highest BCUT2D eigenvalue weighted by molar-refractivity contribution is 6.30. The summed E-state index contributed by atoms with van der Waals surface area (Å²) in [4.78, 5) is 19.1. The van der Waals surface area contributed by atoms with Crippen LogP contribution in [0.5, 0.6) is 5.75 Å². The number of carbonyl (C=O) groups excluding carboxylic acids is 1. The summed E-state index contributed by atoms with van der Waals surface area (Å²) in [5, 5.41) is 5.00. The Morgan fingerprint density at radius 2 is 1.97 bits per heavy atom. The largest absolute Gasteiger partial charge is 0.496 e. The quantitative estimate of drug-likeness (QED) is 0.495. The summed E-state index contributed by atoms with van der Waals surface area (Å²) in [5.41, 5.74) is 3.64. The van der Waals surface area contributed by atoms with Crippen molar-refractivity contribution in [2.24, 2.45) is 0 Å². The Hall–Kier alpha value is -3.38. The van der Waals surface area contributed by atoms with Crippen LogP contribution in [0.4, 0.5) is 0 Å². The molecule has 0 saturated carbocycles. The highest BCUT2D eigenvalue weighted by Crippen LogP contribution is 2.25. The van der Waals surface area contributed by atoms with Gasteiger partial charge in [-0.05, 0) is 24.3 Å². The predicted molar refractivity (Wildman–Crippen MR) is 112 cm³/mol. The molecule has 0 atom stereocenters. The van der Waals surface area contributed by atoms with E-state index in [4.69, 9.17) is 16.3 Å². The molecular weight excluding hydrogens is 388 g/mol. The Bertz CT molecular complexity index is 1170. The molecule has 0 fully saturated rings. The molecule has 0 aliphatic rings. The van der Waals surface area contributed by atoms with Crippen LogP contribution in [0.2, 0.25) is 5.02 Å². The van der Waals surface area contributed by atoms with E-state index in [1.807, 2.05) is 36.4 Å². The van der Waals surface area contributed by atoms with E-state index in [-0.39, 0.29) is 5.91 Å². The third-order valence-corrected chi connectivity index (χ3v) is 4.93. The van der Waals surface area contributed by atoms with Crippen LogP contribution in [0.15, 0.2) is 67.0 Å². The van der Waals surface area contributed by atoms with Crippen molar-refractivity contribution in [3.05, 3.63) is 83.1 Å². The Morgan fingerprint density at radius 3 is 2.72 bits per heavy atom. The minimum atomic E-state index is -0.181. The zero-order valence-corrected chi connectivity index (χ0v) is 16.8. The molecule has 0 spiro atoms. The summed E-state index contributed by atoms with van der Waals surface area (Å²) in [6.45, 7) is 0.346. The number of rotatable bonds is 5. The van der Waals surface area contributed by atoms with Gasteiger partial charge in [0, 0.05) is 35.9 Å². The molecular formula is C22H19ClN4O2. The van der Waals surface area contributed by atoms with Crippen LogP contribution in [-0.2, 0) is 6.54 Å². The lowest BCUT2D eigenvalue weighted by atomic mass is 10.1. The van der Waals surface area contributed by atoms with Crippen LogP contribution in [0, 0.1) is 0 Å². The number of fused-ring (bicyclic) bond motifs is 1. The van der Waals surface area contributed by atoms with Gasteiger partial charge in [-0.2, -0.15) is 5.10 Å². The lowest BCUT2D eigenvalue weighted by molar-refractivity contribution is 0.0786. The number of carbonyl (C=O) groups is 1. The first kappa shape index (κ1) is 19.0. The fourth-order valence-corrected chi connectivity index (χ4v) is 3.47. The number of amides is 1. The van der Waals surface area contributed by atoms with Gasteiger partial charge >= 0.3 is 0 Å². The third kappa shape index (κ3) is 3.67. The highest BCUT2D eigenvalue weighted by atomic mass is 35.5. The first-order valence-corrected chi connectivity index (χ1v) is 9.42. The van der Waals surface area contributed by atoms with Gasteiger partial charge in [0.25, 0.3) is 5.91 Å². The molecule has 7 heteroatoms. The summed E-state index contributed by atoms with van der Waals surface area (Å²) in [7, 11) is 3.32. The summed E-state index contributed by atoms with van der Waals surface area (Å²) in [6.07, 6.45) is 3.25. The molecule has 0 bridgehead atoms. The molecule has 0 aliphatic heterocycles. The van der Waals surface area contributed by atoms with Crippen LogP contribution in [0.25, 0.3) is 16.9 Å². The van der Waals surface area contributed by atoms with Crippen LogP contribution in [0.3, 0.4) is 0 Å². The predicted octanol–water partition coefficient (Wildman–Crippen LogP) is 4.33. The van der Waals surface area contributed by atoms with Crippen LogP contribution in [0.1, 0.15) is 15.9 Å². The van der Waals surface area contributed by atoms with Gasteiger partial charge in [-0.1, -0.05) is 41.9 Å². The molecule has 0 saturated heterocycles. The summed E-state index contributed by atoms with van der Waals surface area (Å²) < 4.78 is 7.07. The number of halogens is 1. The van der Waals surface area contributed by atoms with E-state index in [9.17, 15) is 4.79 Å². The minimum absolute atomic E-state index is 0.181. The number of aromatic nitrogens is 3. The third-order valence-electron chi connectivity index (χ3n) is 4.70. The van der Waals surface area contributed by atoms with Crippen molar-refractivity contribution in [3.63, 3.8) is 0 Å². The molecule has 4 rings (SSSR count). The molecule has 146 valence electrons. The molecule has 4 aromatic rings. The molecule has 29 heavy (non-hydrogen) atoms. The van der Waals surface area contributed by atoms with Gasteiger partial charge < -0.3 is 9.64 Å². The number of nitrogens with zero attached hydrogens (tertiary/aromatic N) is 4. The standard InChI is InChI=1S/C22H19ClN4O2/c1-26(14-16-12-17(23)8-9-20(16)29-2)22(28)18-13-25-27-19(10-11-24-21(18)27)15-6-4-3-5-7-15/h3-13H,14H2,1-2H3. The van der Waals surface area contributed by atoms with Crippen LogP contribution >= 0.6 is 11.6 Å². The van der Waals surface area contributed by atoms with Crippen LogP contribution in [-0.4, -0.2) is 39.6 Å². The van der Waals surface area contributed by atoms with Gasteiger partial charge in [0.2, 0.25) is 0 Å². The summed E-state index contributed by atoms with van der Waals surface area (Å²) in [5.74, 6) is 0.498. The van der Waals surface area contributed by atoms with Gasteiger partial charge in [0.15, 0.2) is 5.65 Å². The first-order chi connectivity index (χ1) is 14.1. The number of hydrogen-bond donors (Lipinski definition) is 0. The first-order valence-electron chi connectivity index (χ1n) is 9.04. The van der Waals surface area contributed by atoms with Gasteiger partial charge in [-0.3, -0.25) is 4.79 Å². The van der Waals surface area contributed by atoms with Crippen molar-refractivity contribution >= 4 is 23.2 Å². The molecule has 0 radical (unpaired) electrons. The molecule has 2 heterocycles. The second kappa shape index (κ2) is 7.93. The van der Waals surface area contributed by atoms with E-state index in [0.29, 0.717) is 28.5 Å². The smallest absolute Gasteiger partial charge is 0.259 e. The second-order valence-electron chi connectivity index (χ2n) is 6.61. The molecule has 2 aromatic carbocycles. The lowest BCUT2D eigenvalue weighted by Crippen LogP contribution is -2.26. The van der Waals surface area contributed by atoms with E-state index in [0.717, 1.165) is 16.8 Å². The normalized spacial score (nSPS) is 10.9. The topological polar surface area (TPSA) is 59.7 Å². The molecule has 0 aliphatic carbocycles. The van der Waals surface area contributed by atoms with E-state index in [1.165, 1.54) is 0 Å². The van der Waals surface area contributed by atoms with Crippen molar-refractivity contribution < 1.29 is 9.53 Å². The zero-order valence-electron chi connectivity index (χ0n) is 16.0. The van der Waals surface area contributed by atoms with Gasteiger partial charge in [-0.25, -0.2) is 9.50 Å². The van der Waals surface area contributed by atoms with Crippen molar-refractivity contribution in [2.75, 3.05) is 14.2 Å². The van der Waals surface area contributed by atoms with Crippen LogP contribution < -0.4 is 4.74 Å². The maximum absolute atomic E-state index is 13.1. The Labute approximate surface area is 173 Å². The second-order valence-corrected chi connectivity index (χ2v) is 7.04. The van der Waals surface area contributed by atoms with Crippen molar-refractivity contribution in [1.29, 1.82) is 0 Å².